The lowest BCUT2D eigenvalue weighted by molar-refractivity contribution is -0.131. The van der Waals surface area contributed by atoms with Crippen LogP contribution in [0.1, 0.15) is 29.5 Å². The molecular formula is C23H30N2O2. The van der Waals surface area contributed by atoms with Gasteiger partial charge in [-0.2, -0.15) is 0 Å². The minimum absolute atomic E-state index is 0.200. The summed E-state index contributed by atoms with van der Waals surface area (Å²) in [7, 11) is 4.07. The molecule has 27 heavy (non-hydrogen) atoms. The van der Waals surface area contributed by atoms with Crippen molar-refractivity contribution < 1.29 is 9.53 Å². The smallest absolute Gasteiger partial charge is 0.222 e. The molecule has 0 bridgehead atoms. The molecule has 2 aromatic rings. The van der Waals surface area contributed by atoms with Crippen molar-refractivity contribution in [1.82, 2.24) is 9.80 Å². The van der Waals surface area contributed by atoms with Crippen LogP contribution in [0.3, 0.4) is 0 Å². The Morgan fingerprint density at radius 3 is 2.59 bits per heavy atom. The minimum Gasteiger partial charge on any atom is -0.377 e. The molecule has 0 aromatic heterocycles. The second-order valence-corrected chi connectivity index (χ2v) is 7.46. The van der Waals surface area contributed by atoms with Gasteiger partial charge in [-0.25, -0.2) is 0 Å². The number of benzene rings is 2. The lowest BCUT2D eigenvalue weighted by atomic mass is 9.94. The minimum atomic E-state index is 0.200. The first kappa shape index (κ1) is 19.6. The first-order valence-electron chi connectivity index (χ1n) is 9.76. The molecule has 1 aliphatic rings. The third-order valence-corrected chi connectivity index (χ3v) is 5.32. The molecule has 1 amide bonds. The van der Waals surface area contributed by atoms with E-state index < -0.39 is 0 Å². The normalized spacial score (nSPS) is 16.7. The van der Waals surface area contributed by atoms with Gasteiger partial charge in [0.15, 0.2) is 0 Å². The number of rotatable bonds is 8. The van der Waals surface area contributed by atoms with Gasteiger partial charge in [-0.3, -0.25) is 9.69 Å². The molecule has 144 valence electrons. The van der Waals surface area contributed by atoms with E-state index in [1.165, 1.54) is 16.7 Å². The van der Waals surface area contributed by atoms with Gasteiger partial charge in [0.25, 0.3) is 0 Å². The number of ether oxygens (including phenoxy) is 1. The molecule has 0 fully saturated rings. The maximum atomic E-state index is 12.5. The zero-order valence-corrected chi connectivity index (χ0v) is 16.4. The summed E-state index contributed by atoms with van der Waals surface area (Å²) < 4.78 is 5.68. The lowest BCUT2D eigenvalue weighted by Gasteiger charge is -2.36. The third-order valence-electron chi connectivity index (χ3n) is 5.32. The molecule has 2 aromatic carbocycles. The van der Waals surface area contributed by atoms with Crippen molar-refractivity contribution in [1.29, 1.82) is 0 Å². The summed E-state index contributed by atoms with van der Waals surface area (Å²) in [5, 5.41) is 0. The van der Waals surface area contributed by atoms with Crippen molar-refractivity contribution in [3.8, 4) is 0 Å². The topological polar surface area (TPSA) is 32.8 Å². The Hall–Kier alpha value is -2.17. The molecule has 1 aliphatic heterocycles. The van der Waals surface area contributed by atoms with E-state index in [-0.39, 0.29) is 5.91 Å². The Bertz CT molecular complexity index is 732. The first-order valence-corrected chi connectivity index (χ1v) is 9.76. The molecule has 1 unspecified atom stereocenters. The number of carbonyl (C=O) groups is 1. The molecule has 4 heteroatoms. The SMILES string of the molecule is CN(CC1Cc2ccccc2CN1C)C(=O)CCCOCc1ccccc1. The maximum absolute atomic E-state index is 12.5. The maximum Gasteiger partial charge on any atom is 0.222 e. The quantitative estimate of drug-likeness (QED) is 0.671. The highest BCUT2D eigenvalue weighted by molar-refractivity contribution is 5.75. The first-order chi connectivity index (χ1) is 13.1. The Kier molecular flexibility index (Phi) is 7.02. The number of carbonyl (C=O) groups excluding carboxylic acids is 1. The van der Waals surface area contributed by atoms with Gasteiger partial charge in [0, 0.05) is 39.2 Å². The highest BCUT2D eigenvalue weighted by Gasteiger charge is 2.25. The van der Waals surface area contributed by atoms with Crippen molar-refractivity contribution in [2.75, 3.05) is 27.2 Å². The average molecular weight is 367 g/mol. The Morgan fingerprint density at radius 2 is 1.81 bits per heavy atom. The van der Waals surface area contributed by atoms with E-state index in [0.29, 0.717) is 25.7 Å². The number of hydrogen-bond acceptors (Lipinski definition) is 3. The van der Waals surface area contributed by atoms with Gasteiger partial charge in [0.05, 0.1) is 6.61 Å². The van der Waals surface area contributed by atoms with E-state index in [2.05, 4.69) is 48.3 Å². The van der Waals surface area contributed by atoms with E-state index >= 15 is 0 Å². The van der Waals surface area contributed by atoms with E-state index in [1.807, 2.05) is 30.1 Å². The van der Waals surface area contributed by atoms with Crippen LogP contribution in [0.15, 0.2) is 54.6 Å². The van der Waals surface area contributed by atoms with Crippen LogP contribution in [-0.4, -0.2) is 49.0 Å². The summed E-state index contributed by atoms with van der Waals surface area (Å²) in [6.07, 6.45) is 2.31. The summed E-state index contributed by atoms with van der Waals surface area (Å²) in [4.78, 5) is 16.7. The molecule has 0 spiro atoms. The molecular weight excluding hydrogens is 336 g/mol. The van der Waals surface area contributed by atoms with Crippen LogP contribution in [0.5, 0.6) is 0 Å². The van der Waals surface area contributed by atoms with Crippen molar-refractivity contribution in [2.45, 2.75) is 38.5 Å². The number of amides is 1. The van der Waals surface area contributed by atoms with Gasteiger partial charge in [-0.05, 0) is 36.6 Å². The molecule has 0 radical (unpaired) electrons. The van der Waals surface area contributed by atoms with E-state index in [0.717, 1.165) is 25.9 Å². The van der Waals surface area contributed by atoms with Crippen LogP contribution in [0.2, 0.25) is 0 Å². The highest BCUT2D eigenvalue weighted by atomic mass is 16.5. The molecule has 4 nitrogen and oxygen atoms in total. The van der Waals surface area contributed by atoms with Crippen LogP contribution in [0, 0.1) is 0 Å². The van der Waals surface area contributed by atoms with Gasteiger partial charge in [0.1, 0.15) is 0 Å². The van der Waals surface area contributed by atoms with E-state index in [4.69, 9.17) is 4.74 Å². The molecule has 0 aliphatic carbocycles. The molecule has 0 saturated carbocycles. The summed E-state index contributed by atoms with van der Waals surface area (Å²) in [5.41, 5.74) is 3.98. The van der Waals surface area contributed by atoms with E-state index in [1.54, 1.807) is 0 Å². The van der Waals surface area contributed by atoms with Crippen molar-refractivity contribution in [3.05, 3.63) is 71.3 Å². The Morgan fingerprint density at radius 1 is 1.11 bits per heavy atom. The second kappa shape index (κ2) is 9.67. The number of nitrogens with zero attached hydrogens (tertiary/aromatic N) is 2. The van der Waals surface area contributed by atoms with Crippen LogP contribution < -0.4 is 0 Å². The fourth-order valence-electron chi connectivity index (χ4n) is 3.62. The fourth-order valence-corrected chi connectivity index (χ4v) is 3.62. The molecule has 1 atom stereocenters. The number of likely N-dealkylation sites (N-methyl/N-ethyl adjacent to an activating group) is 2. The molecule has 0 N–H and O–H groups in total. The van der Waals surface area contributed by atoms with Crippen molar-refractivity contribution >= 4 is 5.91 Å². The van der Waals surface area contributed by atoms with Crippen LogP contribution >= 0.6 is 0 Å². The Labute approximate surface area is 162 Å². The monoisotopic (exact) mass is 366 g/mol. The van der Waals surface area contributed by atoms with Crippen LogP contribution in [0.25, 0.3) is 0 Å². The average Bonchev–Trinajstić information content (AvgIpc) is 2.69. The van der Waals surface area contributed by atoms with Crippen molar-refractivity contribution in [2.24, 2.45) is 0 Å². The standard InChI is InChI=1S/C23H30N2O2/c1-24-16-21-12-7-6-11-20(21)15-22(24)17-25(2)23(26)13-8-14-27-18-19-9-4-3-5-10-19/h3-7,9-12,22H,8,13-18H2,1-2H3. The summed E-state index contributed by atoms with van der Waals surface area (Å²) in [6.45, 7) is 2.95. The van der Waals surface area contributed by atoms with Crippen LogP contribution in [-0.2, 0) is 29.1 Å². The predicted octanol–water partition coefficient (Wildman–Crippen LogP) is 3.50. The number of fused-ring (bicyclic) bond motifs is 1. The zero-order chi connectivity index (χ0) is 19.1. The lowest BCUT2D eigenvalue weighted by Crippen LogP contribution is -2.46. The zero-order valence-electron chi connectivity index (χ0n) is 16.4. The highest BCUT2D eigenvalue weighted by Crippen LogP contribution is 2.22. The van der Waals surface area contributed by atoms with Gasteiger partial charge in [-0.1, -0.05) is 54.6 Å². The second-order valence-electron chi connectivity index (χ2n) is 7.46. The molecule has 3 rings (SSSR count). The summed E-state index contributed by atoms with van der Waals surface area (Å²) >= 11 is 0. The fraction of sp³-hybridized carbons (Fsp3) is 0.435. The Balaban J connectivity index is 1.38. The van der Waals surface area contributed by atoms with Gasteiger partial charge < -0.3 is 9.64 Å². The van der Waals surface area contributed by atoms with Crippen molar-refractivity contribution in [3.63, 3.8) is 0 Å². The summed E-state index contributed by atoms with van der Waals surface area (Å²) in [5.74, 6) is 0.200. The largest absolute Gasteiger partial charge is 0.377 e. The third kappa shape index (κ3) is 5.65. The summed E-state index contributed by atoms with van der Waals surface area (Å²) in [6, 6.07) is 19.1. The predicted molar refractivity (Wildman–Crippen MR) is 108 cm³/mol. The molecule has 0 saturated heterocycles. The van der Waals surface area contributed by atoms with Gasteiger partial charge >= 0.3 is 0 Å². The van der Waals surface area contributed by atoms with Gasteiger partial charge in [-0.15, -0.1) is 0 Å². The number of hydrogen-bond donors (Lipinski definition) is 0. The van der Waals surface area contributed by atoms with Gasteiger partial charge in [0.2, 0.25) is 5.91 Å². The van der Waals surface area contributed by atoms with E-state index in [9.17, 15) is 4.79 Å². The van der Waals surface area contributed by atoms with Crippen LogP contribution in [0.4, 0.5) is 0 Å². The molecule has 1 heterocycles.